The zero-order chi connectivity index (χ0) is 20.0. The van der Waals surface area contributed by atoms with E-state index in [2.05, 4.69) is 35.4 Å². The van der Waals surface area contributed by atoms with E-state index in [1.54, 1.807) is 11.3 Å². The van der Waals surface area contributed by atoms with Crippen LogP contribution < -0.4 is 5.32 Å². The van der Waals surface area contributed by atoms with Crippen molar-refractivity contribution in [1.29, 1.82) is 0 Å². The molecule has 0 atom stereocenters. The molecule has 3 aromatic heterocycles. The molecular formula is C22H21N3O2S. The molecule has 0 saturated carbocycles. The summed E-state index contributed by atoms with van der Waals surface area (Å²) in [5.74, 6) is -0.193. The molecular weight excluding hydrogens is 370 g/mol. The van der Waals surface area contributed by atoms with Gasteiger partial charge in [0, 0.05) is 21.0 Å². The van der Waals surface area contributed by atoms with Crippen LogP contribution in [0.3, 0.4) is 0 Å². The Morgan fingerprint density at radius 2 is 1.79 bits per heavy atom. The van der Waals surface area contributed by atoms with Crippen LogP contribution in [0, 0.1) is 34.6 Å². The highest BCUT2D eigenvalue weighted by atomic mass is 32.1. The van der Waals surface area contributed by atoms with Crippen molar-refractivity contribution < 1.29 is 9.32 Å². The molecule has 0 aliphatic carbocycles. The summed E-state index contributed by atoms with van der Waals surface area (Å²) in [5, 5.41) is 7.75. The van der Waals surface area contributed by atoms with Crippen LogP contribution in [0.25, 0.3) is 22.4 Å². The van der Waals surface area contributed by atoms with Crippen molar-refractivity contribution in [3.8, 4) is 11.3 Å². The van der Waals surface area contributed by atoms with Gasteiger partial charge >= 0.3 is 0 Å². The molecule has 0 bridgehead atoms. The molecule has 0 saturated heterocycles. The Hall–Kier alpha value is -2.99. The van der Waals surface area contributed by atoms with Crippen LogP contribution in [0.2, 0.25) is 0 Å². The number of aromatic nitrogens is 2. The Bertz CT molecular complexity index is 1200. The Morgan fingerprint density at radius 3 is 2.43 bits per heavy atom. The van der Waals surface area contributed by atoms with E-state index in [1.165, 1.54) is 4.88 Å². The molecule has 0 unspecified atom stereocenters. The third-order valence-corrected chi connectivity index (χ3v) is 5.86. The van der Waals surface area contributed by atoms with E-state index in [4.69, 9.17) is 4.52 Å². The molecule has 1 amide bonds. The molecule has 6 heteroatoms. The number of benzene rings is 1. The number of thiophene rings is 1. The summed E-state index contributed by atoms with van der Waals surface area (Å²) in [7, 11) is 0. The van der Waals surface area contributed by atoms with Gasteiger partial charge in [0.1, 0.15) is 0 Å². The molecule has 0 radical (unpaired) electrons. The molecule has 0 aliphatic rings. The maximum absolute atomic E-state index is 13.3. The lowest BCUT2D eigenvalue weighted by Gasteiger charge is -2.12. The quantitative estimate of drug-likeness (QED) is 0.483. The summed E-state index contributed by atoms with van der Waals surface area (Å²) in [6.45, 7) is 9.91. The van der Waals surface area contributed by atoms with Crippen LogP contribution in [0.1, 0.15) is 36.9 Å². The highest BCUT2D eigenvalue weighted by Crippen LogP contribution is 2.33. The second-order valence-corrected chi connectivity index (χ2v) is 8.51. The van der Waals surface area contributed by atoms with Gasteiger partial charge < -0.3 is 9.84 Å². The van der Waals surface area contributed by atoms with E-state index < -0.39 is 0 Å². The van der Waals surface area contributed by atoms with E-state index in [0.717, 1.165) is 32.9 Å². The summed E-state index contributed by atoms with van der Waals surface area (Å²) >= 11 is 1.71. The summed E-state index contributed by atoms with van der Waals surface area (Å²) in [6.07, 6.45) is 0. The summed E-state index contributed by atoms with van der Waals surface area (Å²) in [6, 6.07) is 9.88. The van der Waals surface area contributed by atoms with Gasteiger partial charge in [0.15, 0.2) is 0 Å². The standard InChI is InChI=1S/C22H21N3O2S/c1-11-7-6-8-12(2)20(11)24-21(26)17-10-18(16-9-13(3)28-15(16)5)23-22-19(17)14(4)25-27-22/h6-10H,1-5H3,(H,24,26). The number of para-hydroxylation sites is 1. The lowest BCUT2D eigenvalue weighted by Crippen LogP contribution is -2.15. The van der Waals surface area contributed by atoms with E-state index >= 15 is 0 Å². The van der Waals surface area contributed by atoms with Crippen molar-refractivity contribution >= 4 is 34.0 Å². The second-order valence-electron chi connectivity index (χ2n) is 7.05. The van der Waals surface area contributed by atoms with Crippen LogP contribution >= 0.6 is 11.3 Å². The fourth-order valence-electron chi connectivity index (χ4n) is 3.49. The Kier molecular flexibility index (Phi) is 4.51. The Labute approximate surface area is 167 Å². The third-order valence-electron chi connectivity index (χ3n) is 4.90. The van der Waals surface area contributed by atoms with Gasteiger partial charge in [0.05, 0.1) is 22.3 Å². The van der Waals surface area contributed by atoms with Crippen molar-refractivity contribution in [3.05, 3.63) is 62.5 Å². The molecule has 4 aromatic rings. The zero-order valence-corrected chi connectivity index (χ0v) is 17.3. The predicted octanol–water partition coefficient (Wildman–Crippen LogP) is 5.75. The number of nitrogens with zero attached hydrogens (tertiary/aromatic N) is 2. The monoisotopic (exact) mass is 391 g/mol. The summed E-state index contributed by atoms with van der Waals surface area (Å²) < 4.78 is 5.41. The first-order chi connectivity index (χ1) is 13.3. The van der Waals surface area contributed by atoms with Crippen LogP contribution in [0.4, 0.5) is 5.69 Å². The summed E-state index contributed by atoms with van der Waals surface area (Å²) in [4.78, 5) is 20.2. The van der Waals surface area contributed by atoms with Crippen LogP contribution in [-0.2, 0) is 0 Å². The third kappa shape index (κ3) is 3.10. The van der Waals surface area contributed by atoms with Crippen molar-refractivity contribution in [3.63, 3.8) is 0 Å². The van der Waals surface area contributed by atoms with Crippen molar-refractivity contribution in [2.24, 2.45) is 0 Å². The number of carbonyl (C=O) groups excluding carboxylic acids is 1. The van der Waals surface area contributed by atoms with E-state index in [9.17, 15) is 4.79 Å². The molecule has 0 fully saturated rings. The fraction of sp³-hybridized carbons (Fsp3) is 0.227. The maximum Gasteiger partial charge on any atom is 0.259 e. The number of rotatable bonds is 3. The lowest BCUT2D eigenvalue weighted by atomic mass is 10.0. The number of nitrogens with one attached hydrogen (secondary N) is 1. The first kappa shape index (κ1) is 18.4. The SMILES string of the molecule is Cc1cc(-c2cc(C(=O)Nc3c(C)cccc3C)c3c(C)noc3n2)c(C)s1. The topological polar surface area (TPSA) is 68.0 Å². The first-order valence-electron chi connectivity index (χ1n) is 9.07. The van der Waals surface area contributed by atoms with E-state index in [0.29, 0.717) is 22.4 Å². The lowest BCUT2D eigenvalue weighted by molar-refractivity contribution is 0.102. The van der Waals surface area contributed by atoms with Gasteiger partial charge in [-0.1, -0.05) is 23.4 Å². The largest absolute Gasteiger partial charge is 0.335 e. The smallest absolute Gasteiger partial charge is 0.259 e. The predicted molar refractivity (Wildman–Crippen MR) is 113 cm³/mol. The van der Waals surface area contributed by atoms with Crippen molar-refractivity contribution in [2.75, 3.05) is 5.32 Å². The number of fused-ring (bicyclic) bond motifs is 1. The Morgan fingerprint density at radius 1 is 1.07 bits per heavy atom. The fourth-order valence-corrected chi connectivity index (χ4v) is 4.42. The van der Waals surface area contributed by atoms with E-state index in [-0.39, 0.29) is 5.91 Å². The number of carbonyl (C=O) groups is 1. The maximum atomic E-state index is 13.3. The van der Waals surface area contributed by atoms with Gasteiger partial charge in [-0.05, 0) is 57.9 Å². The molecule has 0 spiro atoms. The van der Waals surface area contributed by atoms with Crippen molar-refractivity contribution in [1.82, 2.24) is 10.1 Å². The van der Waals surface area contributed by atoms with E-state index in [1.807, 2.05) is 45.0 Å². The van der Waals surface area contributed by atoms with Gasteiger partial charge in [0.25, 0.3) is 11.6 Å². The number of hydrogen-bond donors (Lipinski definition) is 1. The normalized spacial score (nSPS) is 11.2. The van der Waals surface area contributed by atoms with Gasteiger partial charge in [-0.2, -0.15) is 0 Å². The first-order valence-corrected chi connectivity index (χ1v) is 9.89. The number of anilines is 1. The number of amides is 1. The molecule has 1 N–H and O–H groups in total. The second kappa shape index (κ2) is 6.87. The molecule has 28 heavy (non-hydrogen) atoms. The van der Waals surface area contributed by atoms with Gasteiger partial charge in [0.2, 0.25) is 0 Å². The van der Waals surface area contributed by atoms with Crippen LogP contribution in [0.5, 0.6) is 0 Å². The molecule has 1 aromatic carbocycles. The molecule has 5 nitrogen and oxygen atoms in total. The number of hydrogen-bond acceptors (Lipinski definition) is 5. The highest BCUT2D eigenvalue weighted by Gasteiger charge is 2.21. The van der Waals surface area contributed by atoms with Gasteiger partial charge in [-0.25, -0.2) is 4.98 Å². The van der Waals surface area contributed by atoms with Crippen LogP contribution in [0.15, 0.2) is 34.9 Å². The van der Waals surface area contributed by atoms with Gasteiger partial charge in [-0.15, -0.1) is 11.3 Å². The molecule has 3 heterocycles. The molecule has 0 aliphatic heterocycles. The van der Waals surface area contributed by atoms with Crippen molar-refractivity contribution in [2.45, 2.75) is 34.6 Å². The zero-order valence-electron chi connectivity index (χ0n) is 16.5. The average molecular weight is 391 g/mol. The molecule has 4 rings (SSSR count). The minimum absolute atomic E-state index is 0.193. The average Bonchev–Trinajstić information content (AvgIpc) is 3.19. The highest BCUT2D eigenvalue weighted by molar-refractivity contribution is 7.12. The van der Waals surface area contributed by atoms with Crippen LogP contribution in [-0.4, -0.2) is 16.0 Å². The number of pyridine rings is 1. The Balaban J connectivity index is 1.86. The number of aryl methyl sites for hydroxylation is 5. The molecule has 142 valence electrons. The summed E-state index contributed by atoms with van der Waals surface area (Å²) in [5.41, 5.74) is 6.15. The minimum Gasteiger partial charge on any atom is -0.335 e. The minimum atomic E-state index is -0.193. The van der Waals surface area contributed by atoms with Gasteiger partial charge in [-0.3, -0.25) is 4.79 Å².